The average molecular weight is 584 g/mol. The third-order valence-electron chi connectivity index (χ3n) is 6.53. The summed E-state index contributed by atoms with van der Waals surface area (Å²) in [5.41, 5.74) is 0.943. The van der Waals surface area contributed by atoms with Crippen LogP contribution < -0.4 is 23.8 Å². The standard InChI is InChI=1S/C30H37N3O7S/c1-6-26(30(35)31-7-2)32(20-22-12-14-23(38-3)15-13-22)29(34)21-33(27-10-8-9-11-28(27)40-5)41(36,37)25-18-16-24(39-4)17-19-25/h8-19,26H,6-7,20-21H2,1-5H3,(H,31,35)/t26-/m1/s1. The molecule has 1 atom stereocenters. The Labute approximate surface area is 241 Å². The summed E-state index contributed by atoms with van der Waals surface area (Å²) in [6.45, 7) is 3.51. The van der Waals surface area contributed by atoms with E-state index >= 15 is 0 Å². The van der Waals surface area contributed by atoms with Crippen molar-refractivity contribution in [1.29, 1.82) is 0 Å². The monoisotopic (exact) mass is 583 g/mol. The van der Waals surface area contributed by atoms with E-state index in [1.807, 2.05) is 0 Å². The van der Waals surface area contributed by atoms with Crippen LogP contribution in [0.4, 0.5) is 5.69 Å². The number of carbonyl (C=O) groups excluding carboxylic acids is 2. The van der Waals surface area contributed by atoms with Crippen molar-refractivity contribution < 1.29 is 32.2 Å². The molecular weight excluding hydrogens is 546 g/mol. The van der Waals surface area contributed by atoms with Crippen molar-refractivity contribution in [2.24, 2.45) is 0 Å². The van der Waals surface area contributed by atoms with Crippen LogP contribution in [0, 0.1) is 0 Å². The van der Waals surface area contributed by atoms with Crippen molar-refractivity contribution in [2.45, 2.75) is 37.8 Å². The molecule has 0 unspecified atom stereocenters. The van der Waals surface area contributed by atoms with Gasteiger partial charge in [-0.05, 0) is 67.4 Å². The Hall–Kier alpha value is -4.25. The number of anilines is 1. The number of hydrogen-bond acceptors (Lipinski definition) is 7. The van der Waals surface area contributed by atoms with E-state index < -0.39 is 28.5 Å². The summed E-state index contributed by atoms with van der Waals surface area (Å²) in [7, 11) is 0.220. The van der Waals surface area contributed by atoms with Crippen molar-refractivity contribution in [3.05, 3.63) is 78.4 Å². The summed E-state index contributed by atoms with van der Waals surface area (Å²) in [5, 5.41) is 2.79. The number of carbonyl (C=O) groups is 2. The molecule has 3 rings (SSSR count). The quantitative estimate of drug-likeness (QED) is 0.307. The number of likely N-dealkylation sites (N-methyl/N-ethyl adjacent to an activating group) is 1. The molecule has 0 aliphatic heterocycles. The maximum absolute atomic E-state index is 14.1. The second kappa shape index (κ2) is 14.4. The SMILES string of the molecule is CCNC(=O)[C@@H](CC)N(Cc1ccc(OC)cc1)C(=O)CN(c1ccccc1OC)S(=O)(=O)c1ccc(OC)cc1. The minimum absolute atomic E-state index is 0.0329. The van der Waals surface area contributed by atoms with Crippen LogP contribution in [0.5, 0.6) is 17.2 Å². The number of para-hydroxylation sites is 2. The lowest BCUT2D eigenvalue weighted by Crippen LogP contribution is -2.52. The van der Waals surface area contributed by atoms with Gasteiger partial charge in [0.05, 0.1) is 31.9 Å². The van der Waals surface area contributed by atoms with Crippen molar-refractivity contribution in [1.82, 2.24) is 10.2 Å². The maximum atomic E-state index is 14.1. The molecule has 0 bridgehead atoms. The molecule has 1 N–H and O–H groups in total. The molecule has 0 spiro atoms. The lowest BCUT2D eigenvalue weighted by atomic mass is 10.1. The van der Waals surface area contributed by atoms with Gasteiger partial charge in [0.15, 0.2) is 0 Å². The van der Waals surface area contributed by atoms with Crippen molar-refractivity contribution >= 4 is 27.5 Å². The first-order valence-corrected chi connectivity index (χ1v) is 14.6. The van der Waals surface area contributed by atoms with Gasteiger partial charge < -0.3 is 24.4 Å². The second-order valence-corrected chi connectivity index (χ2v) is 10.9. The van der Waals surface area contributed by atoms with Crippen molar-refractivity contribution in [3.8, 4) is 17.2 Å². The number of hydrogen-bond donors (Lipinski definition) is 1. The zero-order chi connectivity index (χ0) is 30.0. The van der Waals surface area contributed by atoms with Gasteiger partial charge in [0, 0.05) is 13.1 Å². The molecule has 0 fully saturated rings. The fraction of sp³-hybridized carbons (Fsp3) is 0.333. The van der Waals surface area contributed by atoms with E-state index in [0.29, 0.717) is 24.5 Å². The van der Waals surface area contributed by atoms with Gasteiger partial charge in [-0.3, -0.25) is 13.9 Å². The zero-order valence-electron chi connectivity index (χ0n) is 24.0. The minimum Gasteiger partial charge on any atom is -0.497 e. The predicted octanol–water partition coefficient (Wildman–Crippen LogP) is 3.85. The third kappa shape index (κ3) is 7.49. The Bertz CT molecular complexity index is 1410. The first-order chi connectivity index (χ1) is 19.7. The molecule has 0 heterocycles. The summed E-state index contributed by atoms with van der Waals surface area (Å²) >= 11 is 0. The Morgan fingerprint density at radius 2 is 1.41 bits per heavy atom. The number of sulfonamides is 1. The van der Waals surface area contributed by atoms with Crippen LogP contribution in [0.25, 0.3) is 0 Å². The summed E-state index contributed by atoms with van der Waals surface area (Å²) < 4.78 is 45.0. The Morgan fingerprint density at radius 1 is 0.829 bits per heavy atom. The van der Waals surface area contributed by atoms with Crippen LogP contribution in [0.15, 0.2) is 77.7 Å². The number of nitrogens with one attached hydrogen (secondary N) is 1. The highest BCUT2D eigenvalue weighted by Crippen LogP contribution is 2.33. The Morgan fingerprint density at radius 3 is 1.95 bits per heavy atom. The summed E-state index contributed by atoms with van der Waals surface area (Å²) in [6.07, 6.45) is 0.327. The van der Waals surface area contributed by atoms with Crippen molar-refractivity contribution in [2.75, 3.05) is 38.7 Å². The van der Waals surface area contributed by atoms with Gasteiger partial charge in [0.25, 0.3) is 10.0 Å². The average Bonchev–Trinajstić information content (AvgIpc) is 3.00. The van der Waals surface area contributed by atoms with E-state index in [1.165, 1.54) is 43.4 Å². The first-order valence-electron chi connectivity index (χ1n) is 13.2. The number of ether oxygens (including phenoxy) is 3. The van der Waals surface area contributed by atoms with Crippen LogP contribution in [0.3, 0.4) is 0 Å². The Balaban J connectivity index is 2.09. The van der Waals surface area contributed by atoms with E-state index in [1.54, 1.807) is 69.5 Å². The smallest absolute Gasteiger partial charge is 0.264 e. The minimum atomic E-state index is -4.25. The van der Waals surface area contributed by atoms with E-state index in [9.17, 15) is 18.0 Å². The molecule has 0 saturated carbocycles. The normalized spacial score (nSPS) is 11.7. The second-order valence-electron chi connectivity index (χ2n) is 9.05. The molecule has 0 saturated heterocycles. The van der Waals surface area contributed by atoms with E-state index in [-0.39, 0.29) is 28.8 Å². The predicted molar refractivity (Wildman–Crippen MR) is 157 cm³/mol. The van der Waals surface area contributed by atoms with Gasteiger partial charge in [-0.25, -0.2) is 8.42 Å². The molecule has 0 radical (unpaired) electrons. The molecule has 0 aromatic heterocycles. The van der Waals surface area contributed by atoms with Crippen molar-refractivity contribution in [3.63, 3.8) is 0 Å². The summed E-state index contributed by atoms with van der Waals surface area (Å²) in [6, 6.07) is 18.8. The third-order valence-corrected chi connectivity index (χ3v) is 8.30. The molecule has 3 aromatic rings. The van der Waals surface area contributed by atoms with Gasteiger partial charge in [-0.2, -0.15) is 0 Å². The highest BCUT2D eigenvalue weighted by atomic mass is 32.2. The fourth-order valence-corrected chi connectivity index (χ4v) is 5.79. The molecule has 0 aliphatic rings. The highest BCUT2D eigenvalue weighted by molar-refractivity contribution is 7.92. The Kier molecular flexibility index (Phi) is 11.0. The fourth-order valence-electron chi connectivity index (χ4n) is 4.36. The van der Waals surface area contributed by atoms with Gasteiger partial charge >= 0.3 is 0 Å². The number of rotatable bonds is 14. The largest absolute Gasteiger partial charge is 0.497 e. The number of methoxy groups -OCH3 is 3. The maximum Gasteiger partial charge on any atom is 0.264 e. The first kappa shape index (κ1) is 31.3. The molecule has 10 nitrogen and oxygen atoms in total. The lowest BCUT2D eigenvalue weighted by molar-refractivity contribution is -0.140. The number of benzene rings is 3. The lowest BCUT2D eigenvalue weighted by Gasteiger charge is -2.33. The van der Waals surface area contributed by atoms with Gasteiger partial charge in [0.1, 0.15) is 29.8 Å². The molecule has 0 aliphatic carbocycles. The number of nitrogens with zero attached hydrogens (tertiary/aromatic N) is 2. The van der Waals surface area contributed by atoms with Crippen LogP contribution in [0.2, 0.25) is 0 Å². The summed E-state index contributed by atoms with van der Waals surface area (Å²) in [5.74, 6) is 0.535. The zero-order valence-corrected chi connectivity index (χ0v) is 24.8. The van der Waals surface area contributed by atoms with Gasteiger partial charge in [-0.1, -0.05) is 31.2 Å². The molecule has 220 valence electrons. The molecule has 41 heavy (non-hydrogen) atoms. The van der Waals surface area contributed by atoms with Gasteiger partial charge in [-0.15, -0.1) is 0 Å². The number of amides is 2. The van der Waals surface area contributed by atoms with E-state index in [2.05, 4.69) is 5.32 Å². The van der Waals surface area contributed by atoms with Crippen LogP contribution >= 0.6 is 0 Å². The van der Waals surface area contributed by atoms with Crippen LogP contribution in [-0.2, 0) is 26.2 Å². The molecule has 11 heteroatoms. The molecule has 3 aromatic carbocycles. The van der Waals surface area contributed by atoms with Crippen LogP contribution in [-0.4, -0.2) is 65.6 Å². The molecular formula is C30H37N3O7S. The van der Waals surface area contributed by atoms with Gasteiger partial charge in [0.2, 0.25) is 11.8 Å². The van der Waals surface area contributed by atoms with Crippen LogP contribution in [0.1, 0.15) is 25.8 Å². The van der Waals surface area contributed by atoms with E-state index in [4.69, 9.17) is 14.2 Å². The summed E-state index contributed by atoms with van der Waals surface area (Å²) in [4.78, 5) is 28.5. The highest BCUT2D eigenvalue weighted by Gasteiger charge is 2.34. The topological polar surface area (TPSA) is 114 Å². The van der Waals surface area contributed by atoms with E-state index in [0.717, 1.165) is 9.87 Å². The molecule has 2 amide bonds.